The van der Waals surface area contributed by atoms with Gasteiger partial charge < -0.3 is 24.7 Å². The van der Waals surface area contributed by atoms with Crippen LogP contribution in [0.1, 0.15) is 34.2 Å². The average molecular weight is 503 g/mol. The largest absolute Gasteiger partial charge is 0.497 e. The molecule has 3 aliphatic heterocycles. The Bertz CT molecular complexity index is 1560. The van der Waals surface area contributed by atoms with Crippen molar-refractivity contribution in [2.45, 2.75) is 24.5 Å². The summed E-state index contributed by atoms with van der Waals surface area (Å²) in [7, 11) is 1.51. The maximum absolute atomic E-state index is 13.2. The Hall–Kier alpha value is -4.87. The third-order valence-corrected chi connectivity index (χ3v) is 7.13. The number of furan rings is 1. The number of hydrogen-bond donors (Lipinski definition) is 4. The van der Waals surface area contributed by atoms with E-state index >= 15 is 0 Å². The molecule has 4 N–H and O–H groups in total. The van der Waals surface area contributed by atoms with Gasteiger partial charge in [0.05, 0.1) is 13.7 Å². The molecule has 2 atom stereocenters. The molecule has 2 aromatic carbocycles. The molecular formula is C25H21N5O7. The number of carbonyl (C=O) groups excluding carboxylic acids is 5. The van der Waals surface area contributed by atoms with Crippen molar-refractivity contribution in [2.75, 3.05) is 13.7 Å². The van der Waals surface area contributed by atoms with Crippen molar-refractivity contribution in [3.8, 4) is 5.75 Å². The molecule has 3 aliphatic rings. The van der Waals surface area contributed by atoms with E-state index in [9.17, 15) is 24.0 Å². The lowest BCUT2D eigenvalue weighted by Crippen LogP contribution is -2.52. The summed E-state index contributed by atoms with van der Waals surface area (Å²) >= 11 is 0. The summed E-state index contributed by atoms with van der Waals surface area (Å²) in [6.45, 7) is 1.62. The summed E-state index contributed by atoms with van der Waals surface area (Å²) in [6, 6.07) is 10.4. The zero-order valence-electron chi connectivity index (χ0n) is 19.8. The van der Waals surface area contributed by atoms with Crippen LogP contribution in [0.4, 0.5) is 9.59 Å². The van der Waals surface area contributed by atoms with E-state index in [4.69, 9.17) is 9.15 Å². The van der Waals surface area contributed by atoms with E-state index in [1.165, 1.54) is 12.0 Å². The van der Waals surface area contributed by atoms with Crippen LogP contribution in [0.15, 0.2) is 46.9 Å². The van der Waals surface area contributed by atoms with Crippen LogP contribution in [0.25, 0.3) is 11.0 Å². The van der Waals surface area contributed by atoms with Gasteiger partial charge in [-0.3, -0.25) is 25.0 Å². The molecule has 1 aromatic heterocycles. The molecule has 0 saturated carbocycles. The van der Waals surface area contributed by atoms with Crippen molar-refractivity contribution < 1.29 is 33.1 Å². The SMILES string of the molecule is COc1ccc2c(c1)C(=O)N(C[C@@]1(c3cc4ccc(C5(C)NC(=O)NC5=O)cc4o3)NC(=O)NC1=O)C2. The summed E-state index contributed by atoms with van der Waals surface area (Å²) in [6.07, 6.45) is 0. The van der Waals surface area contributed by atoms with Gasteiger partial charge in [0, 0.05) is 17.5 Å². The highest BCUT2D eigenvalue weighted by molar-refractivity contribution is 6.09. The molecule has 6 rings (SSSR count). The molecule has 1 unspecified atom stereocenters. The van der Waals surface area contributed by atoms with Crippen LogP contribution >= 0.6 is 0 Å². The second-order valence-electron chi connectivity index (χ2n) is 9.39. The summed E-state index contributed by atoms with van der Waals surface area (Å²) in [5.41, 5.74) is -0.956. The number of benzene rings is 2. The van der Waals surface area contributed by atoms with Crippen molar-refractivity contribution in [3.05, 3.63) is 64.9 Å². The molecule has 0 bridgehead atoms. The van der Waals surface area contributed by atoms with Gasteiger partial charge in [-0.1, -0.05) is 18.2 Å². The van der Waals surface area contributed by atoms with Crippen molar-refractivity contribution in [1.29, 1.82) is 0 Å². The molecule has 0 aliphatic carbocycles. The van der Waals surface area contributed by atoms with Gasteiger partial charge >= 0.3 is 12.1 Å². The number of carbonyl (C=O) groups is 5. The van der Waals surface area contributed by atoms with E-state index in [2.05, 4.69) is 21.3 Å². The Morgan fingerprint density at radius 2 is 1.70 bits per heavy atom. The van der Waals surface area contributed by atoms with Crippen LogP contribution in [-0.2, 0) is 27.2 Å². The van der Waals surface area contributed by atoms with Crippen LogP contribution in [0.2, 0.25) is 0 Å². The molecule has 37 heavy (non-hydrogen) atoms. The van der Waals surface area contributed by atoms with Crippen LogP contribution < -0.4 is 26.0 Å². The van der Waals surface area contributed by atoms with Crippen LogP contribution in [-0.4, -0.2) is 48.3 Å². The Morgan fingerprint density at radius 3 is 2.38 bits per heavy atom. The Balaban J connectivity index is 1.38. The number of urea groups is 2. The fraction of sp³-hybridized carbons (Fsp3) is 0.240. The number of ether oxygens (including phenoxy) is 1. The van der Waals surface area contributed by atoms with Gasteiger partial charge in [0.1, 0.15) is 22.6 Å². The number of nitrogens with zero attached hydrogens (tertiary/aromatic N) is 1. The normalized spacial score (nSPS) is 24.7. The molecule has 12 heteroatoms. The van der Waals surface area contributed by atoms with Gasteiger partial charge in [0.15, 0.2) is 5.54 Å². The minimum absolute atomic E-state index is 0.120. The summed E-state index contributed by atoms with van der Waals surface area (Å²) < 4.78 is 11.3. The first kappa shape index (κ1) is 22.6. The van der Waals surface area contributed by atoms with Gasteiger partial charge in [-0.05, 0) is 42.3 Å². The standard InChI is InChI=1S/C25H21N5O7/c1-24(20(32)26-22(34)28-24)14-5-3-12-7-18(37-17(12)8-14)25(21(33)27-23(35)29-25)11-30-10-13-4-6-15(36-2)9-16(13)19(30)31/h3-9H,10-11H2,1-2H3,(H2,26,28,32,34)(H2,27,29,33,35)/t24?,25-/m0/s1. The molecule has 2 saturated heterocycles. The Labute approximate surface area is 209 Å². The molecule has 0 spiro atoms. The summed E-state index contributed by atoms with van der Waals surface area (Å²) in [5, 5.41) is 10.3. The van der Waals surface area contributed by atoms with Gasteiger partial charge in [0.2, 0.25) is 0 Å². The van der Waals surface area contributed by atoms with Crippen molar-refractivity contribution in [3.63, 3.8) is 0 Å². The number of imide groups is 2. The Morgan fingerprint density at radius 1 is 0.946 bits per heavy atom. The maximum atomic E-state index is 13.2. The number of methoxy groups -OCH3 is 1. The lowest BCUT2D eigenvalue weighted by Gasteiger charge is -2.29. The smallest absolute Gasteiger partial charge is 0.322 e. The molecular weight excluding hydrogens is 482 g/mol. The number of fused-ring (bicyclic) bond motifs is 2. The monoisotopic (exact) mass is 503 g/mol. The van der Waals surface area contributed by atoms with Gasteiger partial charge in [-0.15, -0.1) is 0 Å². The third kappa shape index (κ3) is 3.25. The zero-order valence-corrected chi connectivity index (χ0v) is 19.8. The topological polar surface area (TPSA) is 159 Å². The molecule has 4 heterocycles. The summed E-state index contributed by atoms with van der Waals surface area (Å²) in [5.74, 6) is -0.825. The highest BCUT2D eigenvalue weighted by Crippen LogP contribution is 2.36. The predicted molar refractivity (Wildman–Crippen MR) is 126 cm³/mol. The van der Waals surface area contributed by atoms with E-state index in [1.54, 1.807) is 49.4 Å². The predicted octanol–water partition coefficient (Wildman–Crippen LogP) is 1.19. The average Bonchev–Trinajstić information content (AvgIpc) is 3.57. The fourth-order valence-electron chi connectivity index (χ4n) is 5.03. The Kier molecular flexibility index (Phi) is 4.62. The highest BCUT2D eigenvalue weighted by atomic mass is 16.5. The van der Waals surface area contributed by atoms with Gasteiger partial charge in [0.25, 0.3) is 17.7 Å². The number of amides is 7. The fourth-order valence-corrected chi connectivity index (χ4v) is 5.03. The molecule has 12 nitrogen and oxygen atoms in total. The van der Waals surface area contributed by atoms with E-state index in [1.807, 2.05) is 0 Å². The number of nitrogens with one attached hydrogen (secondary N) is 4. The first-order valence-electron chi connectivity index (χ1n) is 11.4. The lowest BCUT2D eigenvalue weighted by molar-refractivity contribution is -0.125. The first-order chi connectivity index (χ1) is 17.6. The van der Waals surface area contributed by atoms with E-state index in [0.29, 0.717) is 27.8 Å². The van der Waals surface area contributed by atoms with Crippen molar-refractivity contribution >= 4 is 40.8 Å². The van der Waals surface area contributed by atoms with Gasteiger partial charge in [-0.2, -0.15) is 0 Å². The third-order valence-electron chi connectivity index (χ3n) is 7.13. The molecule has 3 aromatic rings. The van der Waals surface area contributed by atoms with E-state index in [-0.39, 0.29) is 24.8 Å². The lowest BCUT2D eigenvalue weighted by atomic mass is 9.91. The second-order valence-corrected chi connectivity index (χ2v) is 9.39. The number of hydrogen-bond acceptors (Lipinski definition) is 7. The van der Waals surface area contributed by atoms with Crippen LogP contribution in [0.5, 0.6) is 5.75 Å². The van der Waals surface area contributed by atoms with E-state index in [0.717, 1.165) is 5.56 Å². The van der Waals surface area contributed by atoms with Crippen LogP contribution in [0, 0.1) is 0 Å². The summed E-state index contributed by atoms with van der Waals surface area (Å²) in [4.78, 5) is 64.2. The van der Waals surface area contributed by atoms with Crippen molar-refractivity contribution in [2.24, 2.45) is 0 Å². The number of rotatable bonds is 5. The van der Waals surface area contributed by atoms with Crippen LogP contribution in [0.3, 0.4) is 0 Å². The minimum Gasteiger partial charge on any atom is -0.497 e. The second kappa shape index (κ2) is 7.56. The first-order valence-corrected chi connectivity index (χ1v) is 11.4. The minimum atomic E-state index is -1.68. The van der Waals surface area contributed by atoms with Gasteiger partial charge in [-0.25, -0.2) is 9.59 Å². The molecule has 188 valence electrons. The van der Waals surface area contributed by atoms with Crippen molar-refractivity contribution in [1.82, 2.24) is 26.2 Å². The zero-order chi connectivity index (χ0) is 26.1. The highest BCUT2D eigenvalue weighted by Gasteiger charge is 2.53. The molecule has 2 fully saturated rings. The quantitative estimate of drug-likeness (QED) is 0.381. The molecule has 7 amide bonds. The maximum Gasteiger partial charge on any atom is 0.322 e. The molecule has 0 radical (unpaired) electrons. The van der Waals surface area contributed by atoms with E-state index < -0.39 is 35.0 Å².